The maximum absolute atomic E-state index is 10.3. The highest BCUT2D eigenvalue weighted by Gasteiger charge is 2.58. The van der Waals surface area contributed by atoms with Gasteiger partial charge in [0.1, 0.15) is 12.6 Å². The molecule has 2 fully saturated rings. The summed E-state index contributed by atoms with van der Waals surface area (Å²) in [5.41, 5.74) is 7.84. The fourth-order valence-corrected chi connectivity index (χ4v) is 8.40. The summed E-state index contributed by atoms with van der Waals surface area (Å²) < 4.78 is 1.97. The van der Waals surface area contributed by atoms with E-state index >= 15 is 0 Å². The molecule has 1 saturated carbocycles. The number of nitrogens with one attached hydrogen (secondary N) is 1. The molecule has 2 aromatic heterocycles. The summed E-state index contributed by atoms with van der Waals surface area (Å²) in [5, 5.41) is 18.3. The third kappa shape index (κ3) is 2.97. The number of rotatable bonds is 2. The number of aliphatic hydroxyl groups excluding tert-OH is 1. The number of hydrogen-bond donors (Lipinski definition) is 2. The Hall–Kier alpha value is -2.73. The molecule has 1 aromatic carbocycles. The minimum absolute atomic E-state index is 0.0557. The molecule has 7 rings (SSSR count). The molecule has 1 aliphatic heterocycles. The lowest BCUT2D eigenvalue weighted by atomic mass is 9.50. The zero-order valence-electron chi connectivity index (χ0n) is 21.8. The normalized spacial score (nSPS) is 35.0. The molecule has 2 N–H and O–H groups in total. The molecule has 6 heteroatoms. The van der Waals surface area contributed by atoms with Crippen molar-refractivity contribution in [1.82, 2.24) is 24.9 Å². The minimum Gasteiger partial charge on any atom is -0.374 e. The van der Waals surface area contributed by atoms with Crippen molar-refractivity contribution >= 4 is 5.78 Å². The van der Waals surface area contributed by atoms with Crippen LogP contribution >= 0.6 is 0 Å². The number of fused-ring (bicyclic) bond motifs is 8. The van der Waals surface area contributed by atoms with Gasteiger partial charge in [0.2, 0.25) is 0 Å². The smallest absolute Gasteiger partial charge is 0.252 e. The second kappa shape index (κ2) is 7.64. The van der Waals surface area contributed by atoms with Gasteiger partial charge < -0.3 is 10.4 Å². The molecule has 6 atom stereocenters. The second-order valence-corrected chi connectivity index (χ2v) is 12.5. The number of aliphatic hydroxyl groups is 1. The van der Waals surface area contributed by atoms with Crippen molar-refractivity contribution in [2.24, 2.45) is 23.2 Å². The van der Waals surface area contributed by atoms with Crippen LogP contribution in [0.1, 0.15) is 82.5 Å². The van der Waals surface area contributed by atoms with E-state index in [0.717, 1.165) is 32.1 Å². The number of piperidine rings is 1. The summed E-state index contributed by atoms with van der Waals surface area (Å²) >= 11 is 0. The maximum Gasteiger partial charge on any atom is 0.252 e. The molecule has 3 heterocycles. The van der Waals surface area contributed by atoms with Gasteiger partial charge in [-0.05, 0) is 67.8 Å². The third-order valence-electron chi connectivity index (χ3n) is 10.5. The van der Waals surface area contributed by atoms with Crippen LogP contribution in [0.25, 0.3) is 17.0 Å². The predicted molar refractivity (Wildman–Crippen MR) is 140 cm³/mol. The predicted octanol–water partition coefficient (Wildman–Crippen LogP) is 5.37. The summed E-state index contributed by atoms with van der Waals surface area (Å²) in [5.74, 6) is 3.04. The van der Waals surface area contributed by atoms with Crippen LogP contribution in [-0.4, -0.2) is 30.9 Å². The molecule has 6 nitrogen and oxygen atoms in total. The van der Waals surface area contributed by atoms with Crippen LogP contribution in [0.5, 0.6) is 0 Å². The Bertz CT molecular complexity index is 1370. The molecule has 0 amide bonds. The van der Waals surface area contributed by atoms with Crippen molar-refractivity contribution in [2.45, 2.75) is 83.8 Å². The van der Waals surface area contributed by atoms with Gasteiger partial charge in [-0.15, -0.1) is 0 Å². The van der Waals surface area contributed by atoms with Crippen molar-refractivity contribution in [1.29, 1.82) is 0 Å². The lowest BCUT2D eigenvalue weighted by molar-refractivity contribution is -0.0255. The van der Waals surface area contributed by atoms with Crippen molar-refractivity contribution in [3.05, 3.63) is 59.2 Å². The molecular weight excluding hydrogens is 446 g/mol. The number of benzene rings is 1. The van der Waals surface area contributed by atoms with Gasteiger partial charge >= 0.3 is 0 Å². The summed E-state index contributed by atoms with van der Waals surface area (Å²) in [6.07, 6.45) is 10.0. The van der Waals surface area contributed by atoms with Crippen molar-refractivity contribution in [3.8, 4) is 11.3 Å². The maximum atomic E-state index is 10.3. The van der Waals surface area contributed by atoms with Gasteiger partial charge in [-0.1, -0.05) is 58.0 Å². The highest BCUT2D eigenvalue weighted by atomic mass is 16.3. The summed E-state index contributed by atoms with van der Waals surface area (Å²) in [6.45, 7) is 9.39. The zero-order chi connectivity index (χ0) is 24.8. The summed E-state index contributed by atoms with van der Waals surface area (Å²) in [6, 6.07) is 9.03. The molecule has 0 unspecified atom stereocenters. The molecule has 0 bridgehead atoms. The first-order chi connectivity index (χ1) is 17.3. The van der Waals surface area contributed by atoms with Gasteiger partial charge in [0, 0.05) is 27.7 Å². The first-order valence-electron chi connectivity index (χ1n) is 13.8. The highest BCUT2D eigenvalue weighted by molar-refractivity contribution is 5.69. The Morgan fingerprint density at radius 1 is 1.06 bits per heavy atom. The SMILES string of the molecule is CC(C)c1ccc(-c2c3c(nc4ncnn24)[C@@]2(C)CC[C@H]4[C@@H](CC=C5N[C@@H](O)CC[C@@]54C)[C@@H]2C3)cc1. The molecule has 0 spiro atoms. The molecule has 1 saturated heterocycles. The van der Waals surface area contributed by atoms with Crippen molar-refractivity contribution in [3.63, 3.8) is 0 Å². The topological polar surface area (TPSA) is 75.3 Å². The highest BCUT2D eigenvalue weighted by Crippen LogP contribution is 2.63. The average Bonchev–Trinajstić information content (AvgIpc) is 3.45. The quantitative estimate of drug-likeness (QED) is 0.513. The number of hydrogen-bond acceptors (Lipinski definition) is 5. The van der Waals surface area contributed by atoms with E-state index in [2.05, 4.69) is 73.4 Å². The molecule has 3 aliphatic carbocycles. The number of nitrogens with zero attached hydrogens (tertiary/aromatic N) is 4. The third-order valence-corrected chi connectivity index (χ3v) is 10.5. The zero-order valence-corrected chi connectivity index (χ0v) is 21.8. The first-order valence-corrected chi connectivity index (χ1v) is 13.8. The van der Waals surface area contributed by atoms with Crippen LogP contribution in [0.4, 0.5) is 0 Å². The Morgan fingerprint density at radius 2 is 1.83 bits per heavy atom. The largest absolute Gasteiger partial charge is 0.374 e. The van der Waals surface area contributed by atoms with E-state index < -0.39 is 6.23 Å². The van der Waals surface area contributed by atoms with Gasteiger partial charge in [0.25, 0.3) is 5.78 Å². The summed E-state index contributed by atoms with van der Waals surface area (Å²) in [4.78, 5) is 9.73. The van der Waals surface area contributed by atoms with Gasteiger partial charge in [-0.25, -0.2) is 4.98 Å². The van der Waals surface area contributed by atoms with Crippen molar-refractivity contribution < 1.29 is 5.11 Å². The lowest BCUT2D eigenvalue weighted by Crippen LogP contribution is -2.54. The van der Waals surface area contributed by atoms with E-state index in [0.29, 0.717) is 29.4 Å². The van der Waals surface area contributed by atoms with Gasteiger partial charge in [0.15, 0.2) is 0 Å². The molecule has 188 valence electrons. The van der Waals surface area contributed by atoms with E-state index in [9.17, 15) is 5.11 Å². The van der Waals surface area contributed by atoms with E-state index in [-0.39, 0.29) is 10.8 Å². The Balaban J connectivity index is 1.34. The van der Waals surface area contributed by atoms with E-state index in [1.165, 1.54) is 40.2 Å². The number of aromatic nitrogens is 4. The van der Waals surface area contributed by atoms with E-state index in [1.807, 2.05) is 4.52 Å². The standard InChI is InChI=1S/C30H37N5O/c1-17(2)18-5-7-19(8-6-18)26-21-15-23-20-9-10-24-29(3,14-12-25(36)33-24)22(20)11-13-30(23,4)27(21)34-28-31-16-32-35(26)28/h5-8,10,16-17,20,22-23,25,33,36H,9,11-15H2,1-4H3/t20-,22+,23+,25+,29-,30+/m1/s1. The van der Waals surface area contributed by atoms with Crippen LogP contribution in [0.15, 0.2) is 42.4 Å². The van der Waals surface area contributed by atoms with Gasteiger partial charge in [-0.3, -0.25) is 0 Å². The molecule has 36 heavy (non-hydrogen) atoms. The fraction of sp³-hybridized carbons (Fsp3) is 0.567. The Labute approximate surface area is 213 Å². The van der Waals surface area contributed by atoms with Crippen LogP contribution in [0.3, 0.4) is 0 Å². The second-order valence-electron chi connectivity index (χ2n) is 12.5. The molecular formula is C30H37N5O. The fourth-order valence-electron chi connectivity index (χ4n) is 8.40. The van der Waals surface area contributed by atoms with Crippen molar-refractivity contribution in [2.75, 3.05) is 0 Å². The number of allylic oxidation sites excluding steroid dienone is 2. The Kier molecular flexibility index (Phi) is 4.77. The van der Waals surface area contributed by atoms with Gasteiger partial charge in [-0.2, -0.15) is 14.6 Å². The Morgan fingerprint density at radius 3 is 2.61 bits per heavy atom. The van der Waals surface area contributed by atoms with Crippen LogP contribution in [0, 0.1) is 23.2 Å². The van der Waals surface area contributed by atoms with Gasteiger partial charge in [0.05, 0.1) is 11.4 Å². The van der Waals surface area contributed by atoms with E-state index in [4.69, 9.17) is 4.98 Å². The molecule has 3 aromatic rings. The van der Waals surface area contributed by atoms with Crippen LogP contribution in [-0.2, 0) is 11.8 Å². The van der Waals surface area contributed by atoms with E-state index in [1.54, 1.807) is 6.33 Å². The first kappa shape index (κ1) is 22.5. The van der Waals surface area contributed by atoms with Crippen LogP contribution in [0.2, 0.25) is 0 Å². The monoisotopic (exact) mass is 483 g/mol. The summed E-state index contributed by atoms with van der Waals surface area (Å²) in [7, 11) is 0. The molecule has 4 aliphatic rings. The van der Waals surface area contributed by atoms with Crippen LogP contribution < -0.4 is 5.32 Å². The lowest BCUT2D eigenvalue weighted by Gasteiger charge is -2.57. The average molecular weight is 484 g/mol. The minimum atomic E-state index is -0.400. The molecule has 0 radical (unpaired) electrons.